The van der Waals surface area contributed by atoms with E-state index in [1.165, 1.54) is 0 Å². The number of fused-ring (bicyclic) bond motifs is 2. The summed E-state index contributed by atoms with van der Waals surface area (Å²) in [4.78, 5) is 18.8. The molecule has 3 aromatic rings. The van der Waals surface area contributed by atoms with Crippen molar-refractivity contribution in [1.82, 2.24) is 9.55 Å². The molecule has 0 radical (unpaired) electrons. The number of hydrogen-bond donors (Lipinski definition) is 1. The van der Waals surface area contributed by atoms with Gasteiger partial charge >= 0.3 is 0 Å². The lowest BCUT2D eigenvalue weighted by atomic mass is 10.2. The van der Waals surface area contributed by atoms with E-state index < -0.39 is 10.0 Å². The largest absolute Gasteiger partial charge is 0.313 e. The first kappa shape index (κ1) is 17.2. The second kappa shape index (κ2) is 6.07. The normalized spacial score (nSPS) is 16.4. The molecule has 0 saturated heterocycles. The van der Waals surface area contributed by atoms with Gasteiger partial charge < -0.3 is 9.47 Å². The minimum Gasteiger partial charge on any atom is -0.313 e. The van der Waals surface area contributed by atoms with Gasteiger partial charge in [-0.25, -0.2) is 18.1 Å². The molecule has 1 aliphatic carbocycles. The monoisotopic (exact) mass is 396 g/mol. The maximum absolute atomic E-state index is 13.0. The highest BCUT2D eigenvalue weighted by molar-refractivity contribution is 7.92. The summed E-state index contributed by atoms with van der Waals surface area (Å²) in [7, 11) is -2.06. The van der Waals surface area contributed by atoms with Gasteiger partial charge in [-0.05, 0) is 49.1 Å². The van der Waals surface area contributed by atoms with Gasteiger partial charge in [-0.2, -0.15) is 0 Å². The van der Waals surface area contributed by atoms with Crippen LogP contribution in [0, 0.1) is 5.92 Å². The highest BCUT2D eigenvalue weighted by Gasteiger charge is 2.37. The van der Waals surface area contributed by atoms with E-state index in [9.17, 15) is 13.2 Å². The Morgan fingerprint density at radius 3 is 2.71 bits per heavy atom. The predicted octanol–water partition coefficient (Wildman–Crippen LogP) is 2.67. The summed E-state index contributed by atoms with van der Waals surface area (Å²) < 4.78 is 30.3. The number of benzene rings is 2. The SMILES string of the molecule is Cn1c(NS(=O)(=O)c2ccc3c(c2)N(C(=O)C2CC2)CC3)nc2ccccc21. The summed E-state index contributed by atoms with van der Waals surface area (Å²) in [6, 6.07) is 12.5. The maximum Gasteiger partial charge on any atom is 0.264 e. The van der Waals surface area contributed by atoms with Crippen LogP contribution in [0.4, 0.5) is 11.6 Å². The number of hydrogen-bond acceptors (Lipinski definition) is 4. The smallest absolute Gasteiger partial charge is 0.264 e. The van der Waals surface area contributed by atoms with Gasteiger partial charge in [-0.1, -0.05) is 18.2 Å². The quantitative estimate of drug-likeness (QED) is 0.735. The van der Waals surface area contributed by atoms with Crippen LogP contribution >= 0.6 is 0 Å². The van der Waals surface area contributed by atoms with Crippen LogP contribution in [-0.2, 0) is 28.3 Å². The van der Waals surface area contributed by atoms with Crippen LogP contribution in [0.5, 0.6) is 0 Å². The predicted molar refractivity (Wildman–Crippen MR) is 107 cm³/mol. The second-order valence-electron chi connectivity index (χ2n) is 7.39. The Bertz CT molecular complexity index is 1210. The lowest BCUT2D eigenvalue weighted by molar-refractivity contribution is -0.119. The fourth-order valence-corrected chi connectivity index (χ4v) is 4.78. The number of carbonyl (C=O) groups is 1. The van der Waals surface area contributed by atoms with Crippen molar-refractivity contribution in [2.75, 3.05) is 16.2 Å². The summed E-state index contributed by atoms with van der Waals surface area (Å²) in [5.74, 6) is 0.466. The molecule has 1 aliphatic heterocycles. The van der Waals surface area contributed by atoms with Crippen molar-refractivity contribution in [1.29, 1.82) is 0 Å². The van der Waals surface area contributed by atoms with Gasteiger partial charge in [0.1, 0.15) is 0 Å². The van der Waals surface area contributed by atoms with Crippen LogP contribution < -0.4 is 9.62 Å². The van der Waals surface area contributed by atoms with Crippen molar-refractivity contribution >= 4 is 38.6 Å². The number of amides is 1. The van der Waals surface area contributed by atoms with Crippen LogP contribution in [0.1, 0.15) is 18.4 Å². The third kappa shape index (κ3) is 2.75. The van der Waals surface area contributed by atoms with Crippen molar-refractivity contribution in [3.05, 3.63) is 48.0 Å². The molecule has 1 fully saturated rings. The fraction of sp³-hybridized carbons (Fsp3) is 0.300. The molecule has 2 aliphatic rings. The zero-order valence-electron chi connectivity index (χ0n) is 15.4. The molecule has 1 saturated carbocycles. The van der Waals surface area contributed by atoms with Crippen LogP contribution in [0.2, 0.25) is 0 Å². The average Bonchev–Trinajstić information content (AvgIpc) is 3.38. The van der Waals surface area contributed by atoms with Crippen molar-refractivity contribution in [2.24, 2.45) is 13.0 Å². The minimum atomic E-state index is -3.83. The highest BCUT2D eigenvalue weighted by atomic mass is 32.2. The van der Waals surface area contributed by atoms with Crippen molar-refractivity contribution in [2.45, 2.75) is 24.2 Å². The number of carbonyl (C=O) groups excluding carboxylic acids is 1. The van der Waals surface area contributed by atoms with E-state index in [1.54, 1.807) is 34.7 Å². The van der Waals surface area contributed by atoms with Crippen molar-refractivity contribution in [3.63, 3.8) is 0 Å². The van der Waals surface area contributed by atoms with E-state index in [2.05, 4.69) is 9.71 Å². The first-order chi connectivity index (χ1) is 13.4. The molecule has 2 aromatic carbocycles. The van der Waals surface area contributed by atoms with Crippen molar-refractivity contribution < 1.29 is 13.2 Å². The van der Waals surface area contributed by atoms with Gasteiger partial charge in [0, 0.05) is 25.2 Å². The number of aryl methyl sites for hydroxylation is 1. The Kier molecular flexibility index (Phi) is 3.74. The van der Waals surface area contributed by atoms with Gasteiger partial charge in [0.05, 0.1) is 15.9 Å². The zero-order chi connectivity index (χ0) is 19.5. The van der Waals surface area contributed by atoms with Crippen LogP contribution in [-0.4, -0.2) is 30.4 Å². The van der Waals surface area contributed by atoms with E-state index >= 15 is 0 Å². The van der Waals surface area contributed by atoms with E-state index in [-0.39, 0.29) is 22.7 Å². The molecule has 0 bridgehead atoms. The third-order valence-corrected chi connectivity index (χ3v) is 6.79. The molecule has 1 amide bonds. The van der Waals surface area contributed by atoms with E-state index in [0.717, 1.165) is 35.9 Å². The van der Waals surface area contributed by atoms with E-state index in [4.69, 9.17) is 0 Å². The van der Waals surface area contributed by atoms with E-state index in [0.29, 0.717) is 12.2 Å². The number of imidazole rings is 1. The molecule has 0 unspecified atom stereocenters. The van der Waals surface area contributed by atoms with Gasteiger partial charge in [0.15, 0.2) is 0 Å². The molecular weight excluding hydrogens is 376 g/mol. The second-order valence-corrected chi connectivity index (χ2v) is 9.08. The third-order valence-electron chi connectivity index (χ3n) is 5.47. The molecular formula is C20H20N4O3S. The van der Waals surface area contributed by atoms with Gasteiger partial charge in [0.2, 0.25) is 11.9 Å². The Hall–Kier alpha value is -2.87. The molecule has 5 rings (SSSR count). The number of anilines is 2. The molecule has 144 valence electrons. The molecule has 1 aromatic heterocycles. The van der Waals surface area contributed by atoms with Gasteiger partial charge in [0.25, 0.3) is 10.0 Å². The number of aromatic nitrogens is 2. The summed E-state index contributed by atoms with van der Waals surface area (Å²) in [5.41, 5.74) is 3.29. The van der Waals surface area contributed by atoms with Crippen LogP contribution in [0.15, 0.2) is 47.4 Å². The average molecular weight is 396 g/mol. The highest BCUT2D eigenvalue weighted by Crippen LogP contribution is 2.37. The van der Waals surface area contributed by atoms with Gasteiger partial charge in [-0.15, -0.1) is 0 Å². The Balaban J connectivity index is 1.49. The Morgan fingerprint density at radius 1 is 1.18 bits per heavy atom. The molecule has 1 N–H and O–H groups in total. The van der Waals surface area contributed by atoms with Crippen LogP contribution in [0.3, 0.4) is 0 Å². The maximum atomic E-state index is 13.0. The lowest BCUT2D eigenvalue weighted by Crippen LogP contribution is -2.30. The number of rotatable bonds is 4. The first-order valence-corrected chi connectivity index (χ1v) is 10.8. The summed E-state index contributed by atoms with van der Waals surface area (Å²) >= 11 is 0. The molecule has 7 nitrogen and oxygen atoms in total. The minimum absolute atomic E-state index is 0.101. The Morgan fingerprint density at radius 2 is 1.96 bits per heavy atom. The molecule has 0 atom stereocenters. The summed E-state index contributed by atoms with van der Waals surface area (Å²) in [5, 5.41) is 0. The number of sulfonamides is 1. The molecule has 0 spiro atoms. The summed E-state index contributed by atoms with van der Waals surface area (Å²) in [6.45, 7) is 0.617. The lowest BCUT2D eigenvalue weighted by Gasteiger charge is -2.18. The van der Waals surface area contributed by atoms with E-state index in [1.807, 2.05) is 24.3 Å². The number of nitrogens with zero attached hydrogens (tertiary/aromatic N) is 3. The zero-order valence-corrected chi connectivity index (χ0v) is 16.2. The number of para-hydroxylation sites is 2. The standard InChI is InChI=1S/C20H20N4O3S/c1-23-17-5-3-2-4-16(17)21-20(23)22-28(26,27)15-9-8-13-10-11-24(18(13)12-15)19(25)14-6-7-14/h2-5,8-9,12,14H,6-7,10-11H2,1H3,(H,21,22). The van der Waals surface area contributed by atoms with Gasteiger partial charge in [-0.3, -0.25) is 4.79 Å². The summed E-state index contributed by atoms with van der Waals surface area (Å²) in [6.07, 6.45) is 2.61. The molecule has 8 heteroatoms. The molecule has 2 heterocycles. The topological polar surface area (TPSA) is 84.3 Å². The number of nitrogens with one attached hydrogen (secondary N) is 1. The first-order valence-electron chi connectivity index (χ1n) is 9.32. The molecule has 28 heavy (non-hydrogen) atoms. The Labute approximate surface area is 163 Å². The fourth-order valence-electron chi connectivity index (χ4n) is 3.72. The van der Waals surface area contributed by atoms with Crippen LogP contribution in [0.25, 0.3) is 11.0 Å². The van der Waals surface area contributed by atoms with Crippen molar-refractivity contribution in [3.8, 4) is 0 Å².